The lowest BCUT2D eigenvalue weighted by Crippen LogP contribution is -2.27. The van der Waals surface area contributed by atoms with Gasteiger partial charge in [-0.25, -0.2) is 4.68 Å². The second-order valence-corrected chi connectivity index (χ2v) is 7.80. The maximum Gasteiger partial charge on any atom is 0.273 e. The van der Waals surface area contributed by atoms with Crippen molar-refractivity contribution in [3.05, 3.63) is 35.7 Å². The van der Waals surface area contributed by atoms with Gasteiger partial charge in [-0.15, -0.1) is 5.10 Å². The van der Waals surface area contributed by atoms with Crippen LogP contribution in [0.3, 0.4) is 0 Å². The monoisotopic (exact) mass is 446 g/mol. The molecule has 2 aromatic rings. The van der Waals surface area contributed by atoms with Gasteiger partial charge in [-0.05, 0) is 64.2 Å². The summed E-state index contributed by atoms with van der Waals surface area (Å²) in [5.41, 5.74) is 1.14. The zero-order valence-corrected chi connectivity index (χ0v) is 19.4. The maximum absolute atomic E-state index is 12.7. The predicted octanol–water partition coefficient (Wildman–Crippen LogP) is 3.50. The molecular formula is C23H34N4O5. The Bertz CT molecular complexity index is 860. The van der Waals surface area contributed by atoms with Gasteiger partial charge in [0.05, 0.1) is 32.0 Å². The molecule has 0 bridgehead atoms. The summed E-state index contributed by atoms with van der Waals surface area (Å²) in [5.74, 6) is 1.10. The molecule has 1 aromatic heterocycles. The number of carbonyl (C=O) groups is 1. The number of methoxy groups -OCH3 is 1. The van der Waals surface area contributed by atoms with Crippen LogP contribution in [-0.2, 0) is 16.0 Å². The molecule has 0 radical (unpaired) electrons. The molecule has 1 saturated carbocycles. The standard InChI is InChI=1S/C23H34N4O5/c1-5-30-22(31-6-2)15-27-14-19(25-26-27)23(28)24-16(3)17-11-12-20(21(13-17)29-4)32-18-9-7-8-10-18/h11-14,16,18,22H,5-10,15H2,1-4H3,(H,24,28). The van der Waals surface area contributed by atoms with E-state index in [0.29, 0.717) is 25.5 Å². The van der Waals surface area contributed by atoms with Gasteiger partial charge in [0.1, 0.15) is 0 Å². The first kappa shape index (κ1) is 24.0. The van der Waals surface area contributed by atoms with Gasteiger partial charge in [-0.3, -0.25) is 4.79 Å². The number of aromatic nitrogens is 3. The number of amides is 1. The molecule has 0 spiro atoms. The summed E-state index contributed by atoms with van der Waals surface area (Å²) >= 11 is 0. The normalized spacial score (nSPS) is 15.2. The third-order valence-electron chi connectivity index (χ3n) is 5.44. The van der Waals surface area contributed by atoms with Crippen molar-refractivity contribution >= 4 is 5.91 Å². The van der Waals surface area contributed by atoms with Crippen LogP contribution in [0.2, 0.25) is 0 Å². The number of benzene rings is 1. The number of nitrogens with zero attached hydrogens (tertiary/aromatic N) is 3. The van der Waals surface area contributed by atoms with Crippen LogP contribution in [0.4, 0.5) is 0 Å². The fourth-order valence-corrected chi connectivity index (χ4v) is 3.76. The highest BCUT2D eigenvalue weighted by Gasteiger charge is 2.20. The van der Waals surface area contributed by atoms with E-state index < -0.39 is 6.29 Å². The predicted molar refractivity (Wildman–Crippen MR) is 119 cm³/mol. The van der Waals surface area contributed by atoms with Crippen molar-refractivity contribution < 1.29 is 23.7 Å². The van der Waals surface area contributed by atoms with Crippen molar-refractivity contribution in [2.45, 2.75) is 71.4 Å². The number of hydrogen-bond donors (Lipinski definition) is 1. The number of rotatable bonds is 12. The first-order valence-corrected chi connectivity index (χ1v) is 11.3. The van der Waals surface area contributed by atoms with E-state index in [9.17, 15) is 4.79 Å². The van der Waals surface area contributed by atoms with Crippen molar-refractivity contribution in [2.75, 3.05) is 20.3 Å². The molecule has 1 aromatic carbocycles. The Balaban J connectivity index is 1.60. The number of nitrogens with one attached hydrogen (secondary N) is 1. The van der Waals surface area contributed by atoms with Crippen LogP contribution in [0.15, 0.2) is 24.4 Å². The molecule has 1 amide bonds. The van der Waals surface area contributed by atoms with E-state index in [-0.39, 0.29) is 23.7 Å². The highest BCUT2D eigenvalue weighted by molar-refractivity contribution is 5.92. The van der Waals surface area contributed by atoms with Crippen LogP contribution in [0.25, 0.3) is 0 Å². The SMILES string of the molecule is CCOC(Cn1cc(C(=O)NC(C)c2ccc(OC3CCCC3)c(OC)c2)nn1)OCC. The highest BCUT2D eigenvalue weighted by Crippen LogP contribution is 2.33. The van der Waals surface area contributed by atoms with Crippen molar-refractivity contribution in [3.63, 3.8) is 0 Å². The molecule has 3 rings (SSSR count). The Morgan fingerprint density at radius 2 is 1.91 bits per heavy atom. The lowest BCUT2D eigenvalue weighted by Gasteiger charge is -2.19. The minimum absolute atomic E-state index is 0.233. The van der Waals surface area contributed by atoms with Gasteiger partial charge in [0, 0.05) is 13.2 Å². The zero-order valence-electron chi connectivity index (χ0n) is 19.4. The van der Waals surface area contributed by atoms with Gasteiger partial charge >= 0.3 is 0 Å². The molecule has 9 heteroatoms. The minimum Gasteiger partial charge on any atom is -0.493 e. The summed E-state index contributed by atoms with van der Waals surface area (Å²) in [6.45, 7) is 7.12. The largest absolute Gasteiger partial charge is 0.493 e. The van der Waals surface area contributed by atoms with Crippen molar-refractivity contribution in [1.82, 2.24) is 20.3 Å². The average Bonchev–Trinajstić information content (AvgIpc) is 3.46. The molecule has 1 aliphatic rings. The smallest absolute Gasteiger partial charge is 0.273 e. The molecule has 1 fully saturated rings. The zero-order chi connectivity index (χ0) is 22.9. The van der Waals surface area contributed by atoms with Crippen molar-refractivity contribution in [1.29, 1.82) is 0 Å². The van der Waals surface area contributed by atoms with Crippen LogP contribution >= 0.6 is 0 Å². The highest BCUT2D eigenvalue weighted by atomic mass is 16.7. The van der Waals surface area contributed by atoms with Crippen LogP contribution in [0, 0.1) is 0 Å². The van der Waals surface area contributed by atoms with Gasteiger partial charge in [-0.2, -0.15) is 0 Å². The molecule has 0 saturated heterocycles. The van der Waals surface area contributed by atoms with E-state index in [1.165, 1.54) is 12.8 Å². The molecule has 1 aliphatic carbocycles. The van der Waals surface area contributed by atoms with Gasteiger partial charge in [0.2, 0.25) is 0 Å². The number of ether oxygens (including phenoxy) is 4. The summed E-state index contributed by atoms with van der Waals surface area (Å²) in [5, 5.41) is 11.0. The van der Waals surface area contributed by atoms with Crippen LogP contribution in [-0.4, -0.2) is 53.6 Å². The Labute approximate surface area is 189 Å². The number of carbonyl (C=O) groups excluding carboxylic acids is 1. The fourth-order valence-electron chi connectivity index (χ4n) is 3.76. The summed E-state index contributed by atoms with van der Waals surface area (Å²) < 4.78 is 24.2. The lowest BCUT2D eigenvalue weighted by atomic mass is 10.1. The first-order chi connectivity index (χ1) is 15.5. The van der Waals surface area contributed by atoms with E-state index in [0.717, 1.165) is 24.2 Å². The third-order valence-corrected chi connectivity index (χ3v) is 5.44. The average molecular weight is 447 g/mol. The van der Waals surface area contributed by atoms with E-state index in [1.54, 1.807) is 18.0 Å². The molecule has 0 aliphatic heterocycles. The molecular weight excluding hydrogens is 412 g/mol. The summed E-state index contributed by atoms with van der Waals surface area (Å²) in [4.78, 5) is 12.7. The summed E-state index contributed by atoms with van der Waals surface area (Å²) in [6, 6.07) is 5.51. The van der Waals surface area contributed by atoms with E-state index in [1.807, 2.05) is 39.0 Å². The van der Waals surface area contributed by atoms with E-state index in [4.69, 9.17) is 18.9 Å². The van der Waals surface area contributed by atoms with Crippen molar-refractivity contribution in [2.24, 2.45) is 0 Å². The van der Waals surface area contributed by atoms with Crippen LogP contribution < -0.4 is 14.8 Å². The second-order valence-electron chi connectivity index (χ2n) is 7.80. The van der Waals surface area contributed by atoms with E-state index >= 15 is 0 Å². The maximum atomic E-state index is 12.7. The molecule has 1 N–H and O–H groups in total. The fraction of sp³-hybridized carbons (Fsp3) is 0.609. The molecule has 176 valence electrons. The lowest BCUT2D eigenvalue weighted by molar-refractivity contribution is -0.145. The van der Waals surface area contributed by atoms with Crippen molar-refractivity contribution in [3.8, 4) is 11.5 Å². The first-order valence-electron chi connectivity index (χ1n) is 11.3. The summed E-state index contributed by atoms with van der Waals surface area (Å²) in [7, 11) is 1.62. The topological polar surface area (TPSA) is 96.7 Å². The Kier molecular flexibility index (Phi) is 8.87. The van der Waals surface area contributed by atoms with E-state index in [2.05, 4.69) is 15.6 Å². The van der Waals surface area contributed by atoms with Gasteiger partial charge in [0.25, 0.3) is 5.91 Å². The minimum atomic E-state index is -0.432. The molecule has 1 unspecified atom stereocenters. The van der Waals surface area contributed by atoms with Gasteiger partial charge in [-0.1, -0.05) is 11.3 Å². The van der Waals surface area contributed by atoms with Crippen LogP contribution in [0.1, 0.15) is 68.5 Å². The third kappa shape index (κ3) is 6.43. The quantitative estimate of drug-likeness (QED) is 0.499. The van der Waals surface area contributed by atoms with Crippen LogP contribution in [0.5, 0.6) is 11.5 Å². The Morgan fingerprint density at radius 1 is 1.19 bits per heavy atom. The molecule has 9 nitrogen and oxygen atoms in total. The number of hydrogen-bond acceptors (Lipinski definition) is 7. The Hall–Kier alpha value is -2.65. The van der Waals surface area contributed by atoms with Gasteiger partial charge in [0.15, 0.2) is 23.5 Å². The molecule has 1 atom stereocenters. The summed E-state index contributed by atoms with van der Waals surface area (Å²) in [6.07, 6.45) is 5.97. The molecule has 32 heavy (non-hydrogen) atoms. The second kappa shape index (κ2) is 11.8. The Morgan fingerprint density at radius 3 is 2.56 bits per heavy atom. The molecule has 1 heterocycles. The van der Waals surface area contributed by atoms with Gasteiger partial charge < -0.3 is 24.3 Å².